The number of amides is 1. The van der Waals surface area contributed by atoms with Gasteiger partial charge in [0.2, 0.25) is 5.91 Å². The highest BCUT2D eigenvalue weighted by Gasteiger charge is 2.22. The summed E-state index contributed by atoms with van der Waals surface area (Å²) in [6.45, 7) is 2.04. The van der Waals surface area contributed by atoms with Crippen LogP contribution in [0.5, 0.6) is 11.5 Å². The van der Waals surface area contributed by atoms with Crippen LogP contribution in [0.25, 0.3) is 28.0 Å². The van der Waals surface area contributed by atoms with E-state index in [1.165, 1.54) is 11.8 Å². The lowest BCUT2D eigenvalue weighted by Crippen LogP contribution is -2.15. The lowest BCUT2D eigenvalue weighted by Gasteiger charge is -2.15. The van der Waals surface area contributed by atoms with Gasteiger partial charge in [-0.05, 0) is 49.4 Å². The van der Waals surface area contributed by atoms with E-state index in [0.29, 0.717) is 46.0 Å². The summed E-state index contributed by atoms with van der Waals surface area (Å²) in [6.07, 6.45) is 1.89. The fourth-order valence-corrected chi connectivity index (χ4v) is 4.96. The van der Waals surface area contributed by atoms with Crippen LogP contribution in [0.1, 0.15) is 17.3 Å². The fourth-order valence-electron chi connectivity index (χ4n) is 4.21. The van der Waals surface area contributed by atoms with Gasteiger partial charge in [0.15, 0.2) is 11.0 Å². The van der Waals surface area contributed by atoms with Gasteiger partial charge >= 0.3 is 5.97 Å². The number of aromatic amines is 1. The van der Waals surface area contributed by atoms with E-state index in [1.807, 2.05) is 53.2 Å². The zero-order valence-corrected chi connectivity index (χ0v) is 23.0. The largest absolute Gasteiger partial charge is 0.497 e. The number of anilines is 1. The molecule has 10 nitrogen and oxygen atoms in total. The van der Waals surface area contributed by atoms with Crippen LogP contribution in [0.2, 0.25) is 0 Å². The molecule has 2 N–H and O–H groups in total. The minimum atomic E-state index is -0.408. The molecule has 0 radical (unpaired) electrons. The maximum absolute atomic E-state index is 12.9. The minimum absolute atomic E-state index is 0.0674. The first kappa shape index (κ1) is 26.8. The van der Waals surface area contributed by atoms with Gasteiger partial charge in [0.1, 0.15) is 11.5 Å². The summed E-state index contributed by atoms with van der Waals surface area (Å²) >= 11 is 1.24. The lowest BCUT2D eigenvalue weighted by atomic mass is 10.1. The van der Waals surface area contributed by atoms with Gasteiger partial charge in [-0.2, -0.15) is 0 Å². The van der Waals surface area contributed by atoms with Crippen molar-refractivity contribution < 1.29 is 23.8 Å². The number of H-pyrrole nitrogens is 1. The van der Waals surface area contributed by atoms with Crippen LogP contribution in [0.15, 0.2) is 78.1 Å². The number of esters is 1. The standard InChI is InChI=1S/C29H27N5O5S/c1-4-39-28(36)18-9-11-19(12-10-18)31-26(35)17-40-29-33-32-27(22-16-30-23-8-6-5-7-21(22)23)34(29)24-15-20(37-2)13-14-25(24)38-3/h5-16,30H,4,17H2,1-3H3,(H,31,35). The summed E-state index contributed by atoms with van der Waals surface area (Å²) in [5, 5.41) is 13.3. The minimum Gasteiger partial charge on any atom is -0.497 e. The molecule has 204 valence electrons. The van der Waals surface area contributed by atoms with Crippen molar-refractivity contribution in [2.24, 2.45) is 0 Å². The predicted molar refractivity (Wildman–Crippen MR) is 154 cm³/mol. The second-order valence-electron chi connectivity index (χ2n) is 8.56. The lowest BCUT2D eigenvalue weighted by molar-refractivity contribution is -0.113. The summed E-state index contributed by atoms with van der Waals surface area (Å²) in [5.41, 5.74) is 3.47. The number of hydrogen-bond acceptors (Lipinski definition) is 8. The molecular weight excluding hydrogens is 530 g/mol. The molecule has 2 aromatic heterocycles. The summed E-state index contributed by atoms with van der Waals surface area (Å²) in [5.74, 6) is 1.23. The molecule has 5 aromatic rings. The van der Waals surface area contributed by atoms with Crippen LogP contribution >= 0.6 is 11.8 Å². The van der Waals surface area contributed by atoms with Crippen LogP contribution in [0.3, 0.4) is 0 Å². The molecule has 0 aliphatic rings. The molecule has 0 bridgehead atoms. The van der Waals surface area contributed by atoms with Crippen molar-refractivity contribution in [2.45, 2.75) is 12.1 Å². The second kappa shape index (κ2) is 12.0. The number of nitrogens with one attached hydrogen (secondary N) is 2. The summed E-state index contributed by atoms with van der Waals surface area (Å²) in [4.78, 5) is 28.0. The highest BCUT2D eigenvalue weighted by molar-refractivity contribution is 7.99. The van der Waals surface area contributed by atoms with Crippen molar-refractivity contribution in [3.63, 3.8) is 0 Å². The van der Waals surface area contributed by atoms with Crippen LogP contribution in [-0.4, -0.2) is 58.2 Å². The Kier molecular flexibility index (Phi) is 8.02. The molecular formula is C29H27N5O5S. The van der Waals surface area contributed by atoms with Gasteiger partial charge in [0.05, 0.1) is 37.8 Å². The zero-order valence-electron chi connectivity index (χ0n) is 22.1. The van der Waals surface area contributed by atoms with E-state index >= 15 is 0 Å². The third-order valence-electron chi connectivity index (χ3n) is 6.10. The number of nitrogens with zero attached hydrogens (tertiary/aromatic N) is 3. The van der Waals surface area contributed by atoms with Crippen LogP contribution < -0.4 is 14.8 Å². The molecule has 0 fully saturated rings. The topological polar surface area (TPSA) is 120 Å². The summed E-state index contributed by atoms with van der Waals surface area (Å²) in [6, 6.07) is 19.9. The average Bonchev–Trinajstić information content (AvgIpc) is 3.60. The van der Waals surface area contributed by atoms with Crippen molar-refractivity contribution in [1.29, 1.82) is 0 Å². The molecule has 1 amide bonds. The Morgan fingerprint density at radius 1 is 1.00 bits per heavy atom. The monoisotopic (exact) mass is 557 g/mol. The third kappa shape index (κ3) is 5.50. The van der Waals surface area contributed by atoms with Gasteiger partial charge in [0.25, 0.3) is 0 Å². The molecule has 11 heteroatoms. The molecule has 0 unspecified atom stereocenters. The first-order valence-corrected chi connectivity index (χ1v) is 13.4. The first-order chi connectivity index (χ1) is 19.5. The molecule has 0 saturated heterocycles. The Hall–Kier alpha value is -4.77. The predicted octanol–water partition coefficient (Wildman–Crippen LogP) is 5.34. The maximum Gasteiger partial charge on any atom is 0.338 e. The normalized spacial score (nSPS) is 10.9. The molecule has 3 aromatic carbocycles. The Labute approximate surface area is 234 Å². The van der Waals surface area contributed by atoms with Crippen molar-refractivity contribution in [3.8, 4) is 28.6 Å². The number of rotatable bonds is 10. The van der Waals surface area contributed by atoms with E-state index in [0.717, 1.165) is 16.5 Å². The quantitative estimate of drug-likeness (QED) is 0.174. The summed E-state index contributed by atoms with van der Waals surface area (Å²) in [7, 11) is 3.19. The number of fused-ring (bicyclic) bond motifs is 1. The molecule has 0 aliphatic carbocycles. The van der Waals surface area contributed by atoms with Crippen molar-refractivity contribution >= 4 is 40.2 Å². The van der Waals surface area contributed by atoms with Crippen molar-refractivity contribution in [2.75, 3.05) is 31.9 Å². The summed E-state index contributed by atoms with van der Waals surface area (Å²) < 4.78 is 18.0. The number of thioether (sulfide) groups is 1. The first-order valence-electron chi connectivity index (χ1n) is 12.5. The Bertz CT molecular complexity index is 1660. The van der Waals surface area contributed by atoms with Gasteiger partial charge in [-0.1, -0.05) is 30.0 Å². The molecule has 0 saturated carbocycles. The highest BCUT2D eigenvalue weighted by Crippen LogP contribution is 2.37. The number of carbonyl (C=O) groups is 2. The molecule has 0 spiro atoms. The number of hydrogen-bond donors (Lipinski definition) is 2. The molecule has 0 aliphatic heterocycles. The average molecular weight is 558 g/mol. The highest BCUT2D eigenvalue weighted by atomic mass is 32.2. The molecule has 5 rings (SSSR count). The van der Waals surface area contributed by atoms with Gasteiger partial charge < -0.3 is 24.5 Å². The Morgan fingerprint density at radius 3 is 2.55 bits per heavy atom. The van der Waals surface area contributed by atoms with Crippen molar-refractivity contribution in [1.82, 2.24) is 19.7 Å². The third-order valence-corrected chi connectivity index (χ3v) is 7.03. The fraction of sp³-hybridized carbons (Fsp3) is 0.172. The smallest absolute Gasteiger partial charge is 0.338 e. The molecule has 2 heterocycles. The van der Waals surface area contributed by atoms with E-state index in [1.54, 1.807) is 45.4 Å². The Balaban J connectivity index is 1.44. The van der Waals surface area contributed by atoms with E-state index in [-0.39, 0.29) is 11.7 Å². The number of benzene rings is 3. The van der Waals surface area contributed by atoms with Crippen LogP contribution in [-0.2, 0) is 9.53 Å². The molecule has 40 heavy (non-hydrogen) atoms. The zero-order chi connectivity index (χ0) is 28.1. The number of para-hydroxylation sites is 1. The Morgan fingerprint density at radius 2 is 1.80 bits per heavy atom. The number of ether oxygens (including phenoxy) is 3. The van der Waals surface area contributed by atoms with E-state index in [9.17, 15) is 9.59 Å². The maximum atomic E-state index is 12.9. The SMILES string of the molecule is CCOC(=O)c1ccc(NC(=O)CSc2nnc(-c3c[nH]c4ccccc34)n2-c2cc(OC)ccc2OC)cc1. The van der Waals surface area contributed by atoms with Crippen LogP contribution in [0.4, 0.5) is 5.69 Å². The van der Waals surface area contributed by atoms with E-state index in [2.05, 4.69) is 20.5 Å². The number of methoxy groups -OCH3 is 2. The van der Waals surface area contributed by atoms with Crippen molar-refractivity contribution in [3.05, 3.63) is 78.5 Å². The number of aromatic nitrogens is 4. The van der Waals surface area contributed by atoms with Gasteiger partial charge in [-0.3, -0.25) is 9.36 Å². The second-order valence-corrected chi connectivity index (χ2v) is 9.50. The van der Waals surface area contributed by atoms with E-state index < -0.39 is 5.97 Å². The van der Waals surface area contributed by atoms with Gasteiger partial charge in [-0.15, -0.1) is 10.2 Å². The number of carbonyl (C=O) groups excluding carboxylic acids is 2. The molecule has 0 atom stereocenters. The van der Waals surface area contributed by atoms with Gasteiger partial charge in [-0.25, -0.2) is 4.79 Å². The van der Waals surface area contributed by atoms with E-state index in [4.69, 9.17) is 14.2 Å². The van der Waals surface area contributed by atoms with Gasteiger partial charge in [0, 0.05) is 34.4 Å². The van der Waals surface area contributed by atoms with Crippen LogP contribution in [0, 0.1) is 0 Å².